The van der Waals surface area contributed by atoms with Crippen LogP contribution < -0.4 is 0 Å². The fraction of sp³-hybridized carbons (Fsp3) is 0.478. The summed E-state index contributed by atoms with van der Waals surface area (Å²) in [7, 11) is 1.81. The maximum atomic E-state index is 9.99. The molecule has 0 saturated carbocycles. The van der Waals surface area contributed by atoms with E-state index in [0.29, 0.717) is 17.7 Å². The summed E-state index contributed by atoms with van der Waals surface area (Å²) in [4.78, 5) is 2.63. The Labute approximate surface area is 156 Å². The van der Waals surface area contributed by atoms with Crippen LogP contribution in [0.15, 0.2) is 48.5 Å². The van der Waals surface area contributed by atoms with Crippen molar-refractivity contribution in [3.05, 3.63) is 65.2 Å². The zero-order valence-corrected chi connectivity index (χ0v) is 16.0. The normalized spacial score (nSPS) is 29.2. The van der Waals surface area contributed by atoms with Gasteiger partial charge in [0.15, 0.2) is 0 Å². The van der Waals surface area contributed by atoms with Crippen LogP contribution in [0.25, 0.3) is 0 Å². The standard InChI is InChI=1S/C23H29NO2/c1-16-21-13-18-9-10-19(25)14-20(18)23(16,2)11-12-24(21)15-22(26-3)17-7-5-4-6-8-17/h4-10,14,16,21-22,25H,11-13,15H2,1-3H3/t16-,21+,22?,23+/m0/s1. The topological polar surface area (TPSA) is 32.7 Å². The Bertz CT molecular complexity index is 775. The molecule has 1 fully saturated rings. The van der Waals surface area contributed by atoms with Crippen LogP contribution in [0.4, 0.5) is 0 Å². The molecule has 1 aliphatic heterocycles. The molecule has 3 heteroatoms. The predicted octanol–water partition coefficient (Wildman–Crippen LogP) is 4.30. The minimum atomic E-state index is 0.106. The number of ether oxygens (including phenoxy) is 1. The van der Waals surface area contributed by atoms with Crippen molar-refractivity contribution in [3.8, 4) is 5.75 Å². The highest BCUT2D eigenvalue weighted by molar-refractivity contribution is 5.44. The van der Waals surface area contributed by atoms with Crippen LogP contribution in [0.2, 0.25) is 0 Å². The monoisotopic (exact) mass is 351 g/mol. The third kappa shape index (κ3) is 2.83. The molecule has 1 aliphatic carbocycles. The number of benzene rings is 2. The number of nitrogens with zero attached hydrogens (tertiary/aromatic N) is 1. The van der Waals surface area contributed by atoms with E-state index < -0.39 is 0 Å². The molecule has 1 N–H and O–H groups in total. The van der Waals surface area contributed by atoms with Crippen molar-refractivity contribution in [2.24, 2.45) is 5.92 Å². The fourth-order valence-corrected chi connectivity index (χ4v) is 5.12. The molecule has 0 spiro atoms. The molecule has 26 heavy (non-hydrogen) atoms. The van der Waals surface area contributed by atoms with Gasteiger partial charge in [-0.3, -0.25) is 4.90 Å². The lowest BCUT2D eigenvalue weighted by molar-refractivity contribution is -0.0123. The quantitative estimate of drug-likeness (QED) is 0.891. The van der Waals surface area contributed by atoms with Gasteiger partial charge < -0.3 is 9.84 Å². The minimum absolute atomic E-state index is 0.106. The van der Waals surface area contributed by atoms with Crippen LogP contribution in [-0.2, 0) is 16.6 Å². The Morgan fingerprint density at radius 1 is 1.23 bits per heavy atom. The maximum absolute atomic E-state index is 9.99. The van der Waals surface area contributed by atoms with E-state index in [2.05, 4.69) is 55.1 Å². The summed E-state index contributed by atoms with van der Waals surface area (Å²) >= 11 is 0. The highest BCUT2D eigenvalue weighted by Gasteiger charge is 2.48. The van der Waals surface area contributed by atoms with Gasteiger partial charge >= 0.3 is 0 Å². The second-order valence-corrected chi connectivity index (χ2v) is 8.20. The number of phenols is 1. The van der Waals surface area contributed by atoms with Crippen molar-refractivity contribution in [2.75, 3.05) is 20.2 Å². The first-order valence-electron chi connectivity index (χ1n) is 9.67. The van der Waals surface area contributed by atoms with E-state index in [1.165, 1.54) is 16.7 Å². The Kier molecular flexibility index (Phi) is 4.54. The van der Waals surface area contributed by atoms with E-state index in [4.69, 9.17) is 4.74 Å². The van der Waals surface area contributed by atoms with E-state index in [-0.39, 0.29) is 11.5 Å². The first-order valence-corrected chi connectivity index (χ1v) is 9.67. The van der Waals surface area contributed by atoms with Crippen molar-refractivity contribution < 1.29 is 9.84 Å². The predicted molar refractivity (Wildman–Crippen MR) is 104 cm³/mol. The van der Waals surface area contributed by atoms with E-state index in [1.807, 2.05) is 19.2 Å². The van der Waals surface area contributed by atoms with E-state index in [0.717, 1.165) is 25.9 Å². The molecule has 0 aromatic heterocycles. The smallest absolute Gasteiger partial charge is 0.115 e. The third-order valence-electron chi connectivity index (χ3n) is 6.96. The van der Waals surface area contributed by atoms with Crippen molar-refractivity contribution in [1.29, 1.82) is 0 Å². The number of phenolic OH excluding ortho intramolecular Hbond substituents is 1. The zero-order chi connectivity index (χ0) is 18.3. The molecule has 1 unspecified atom stereocenters. The van der Waals surface area contributed by atoms with E-state index in [9.17, 15) is 5.11 Å². The average molecular weight is 351 g/mol. The third-order valence-corrected chi connectivity index (χ3v) is 6.96. The van der Waals surface area contributed by atoms with Gasteiger partial charge in [0.2, 0.25) is 0 Å². The number of methoxy groups -OCH3 is 1. The number of likely N-dealkylation sites (tertiary alicyclic amines) is 1. The summed E-state index contributed by atoms with van der Waals surface area (Å²) < 4.78 is 5.85. The Morgan fingerprint density at radius 2 is 2.00 bits per heavy atom. The van der Waals surface area contributed by atoms with Gasteiger partial charge in [0.05, 0.1) is 6.10 Å². The van der Waals surface area contributed by atoms with E-state index in [1.54, 1.807) is 0 Å². The summed E-state index contributed by atoms with van der Waals surface area (Å²) in [6, 6.07) is 17.0. The van der Waals surface area contributed by atoms with Crippen LogP contribution in [-0.4, -0.2) is 36.2 Å². The van der Waals surface area contributed by atoms with Crippen LogP contribution in [0.1, 0.15) is 43.1 Å². The van der Waals surface area contributed by atoms with Crippen molar-refractivity contribution >= 4 is 0 Å². The first kappa shape index (κ1) is 17.6. The average Bonchev–Trinajstić information content (AvgIpc) is 2.65. The summed E-state index contributed by atoms with van der Waals surface area (Å²) in [6.45, 7) is 6.77. The minimum Gasteiger partial charge on any atom is -0.508 e. The molecule has 2 bridgehead atoms. The molecular formula is C23H29NO2. The molecule has 4 atom stereocenters. The van der Waals surface area contributed by atoms with Crippen molar-refractivity contribution in [3.63, 3.8) is 0 Å². The van der Waals surface area contributed by atoms with Crippen LogP contribution in [0.5, 0.6) is 5.75 Å². The molecule has 4 rings (SSSR count). The molecular weight excluding hydrogens is 322 g/mol. The first-order chi connectivity index (χ1) is 12.5. The molecule has 0 amide bonds. The number of rotatable bonds is 4. The highest BCUT2D eigenvalue weighted by Crippen LogP contribution is 2.49. The molecule has 2 aliphatic rings. The SMILES string of the molecule is COC(CN1CC[C@@]2(C)c3cc(O)ccc3C[C@@H]1[C@@H]2C)c1ccccc1. The molecule has 3 nitrogen and oxygen atoms in total. The van der Waals surface area contributed by atoms with Crippen LogP contribution in [0.3, 0.4) is 0 Å². The Morgan fingerprint density at radius 3 is 2.73 bits per heavy atom. The second kappa shape index (κ2) is 6.71. The largest absolute Gasteiger partial charge is 0.508 e. The summed E-state index contributed by atoms with van der Waals surface area (Å²) in [6.07, 6.45) is 2.28. The highest BCUT2D eigenvalue weighted by atomic mass is 16.5. The lowest BCUT2D eigenvalue weighted by atomic mass is 9.59. The van der Waals surface area contributed by atoms with Crippen LogP contribution in [0, 0.1) is 5.92 Å². The Hall–Kier alpha value is -1.84. The summed E-state index contributed by atoms with van der Waals surface area (Å²) in [5.41, 5.74) is 4.14. The van der Waals surface area contributed by atoms with E-state index >= 15 is 0 Å². The molecule has 2 aromatic rings. The fourth-order valence-electron chi connectivity index (χ4n) is 5.12. The van der Waals surface area contributed by atoms with Gasteiger partial charge in [-0.1, -0.05) is 50.2 Å². The number of hydrogen-bond acceptors (Lipinski definition) is 3. The molecule has 1 saturated heterocycles. The molecule has 1 heterocycles. The van der Waals surface area contributed by atoms with Gasteiger partial charge in [-0.25, -0.2) is 0 Å². The molecule has 0 radical (unpaired) electrons. The maximum Gasteiger partial charge on any atom is 0.115 e. The lowest BCUT2D eigenvalue weighted by Gasteiger charge is -2.55. The zero-order valence-electron chi connectivity index (χ0n) is 16.0. The second-order valence-electron chi connectivity index (χ2n) is 8.20. The number of fused-ring (bicyclic) bond motifs is 4. The number of piperidine rings is 1. The van der Waals surface area contributed by atoms with Crippen molar-refractivity contribution in [2.45, 2.75) is 44.2 Å². The van der Waals surface area contributed by atoms with Gasteiger partial charge in [0.1, 0.15) is 5.75 Å². The van der Waals surface area contributed by atoms with Crippen LogP contribution >= 0.6 is 0 Å². The lowest BCUT2D eigenvalue weighted by Crippen LogP contribution is -2.58. The van der Waals surface area contributed by atoms with Gasteiger partial charge in [0.25, 0.3) is 0 Å². The van der Waals surface area contributed by atoms with Crippen molar-refractivity contribution in [1.82, 2.24) is 4.90 Å². The number of aromatic hydroxyl groups is 1. The van der Waals surface area contributed by atoms with Gasteiger partial charge in [-0.05, 0) is 59.5 Å². The van der Waals surface area contributed by atoms with Gasteiger partial charge in [-0.15, -0.1) is 0 Å². The Balaban J connectivity index is 1.61. The van der Waals surface area contributed by atoms with Gasteiger partial charge in [-0.2, -0.15) is 0 Å². The molecule has 138 valence electrons. The number of hydrogen-bond donors (Lipinski definition) is 1. The summed E-state index contributed by atoms with van der Waals surface area (Å²) in [5.74, 6) is 0.945. The molecule has 2 aromatic carbocycles. The summed E-state index contributed by atoms with van der Waals surface area (Å²) in [5, 5.41) is 9.99. The van der Waals surface area contributed by atoms with Gasteiger partial charge in [0, 0.05) is 19.7 Å².